The van der Waals surface area contributed by atoms with E-state index < -0.39 is 0 Å². The van der Waals surface area contributed by atoms with Crippen LogP contribution >= 0.6 is 0 Å². The topological polar surface area (TPSA) is 32.7 Å². The van der Waals surface area contributed by atoms with Crippen LogP contribution in [0.5, 0.6) is 0 Å². The minimum atomic E-state index is 0.674. The van der Waals surface area contributed by atoms with Gasteiger partial charge in [0.2, 0.25) is 0 Å². The third kappa shape index (κ3) is 2.05. The van der Waals surface area contributed by atoms with Gasteiger partial charge in [0, 0.05) is 6.54 Å². The van der Waals surface area contributed by atoms with E-state index in [1.165, 1.54) is 5.01 Å². The number of benzene rings is 1. The van der Waals surface area contributed by atoms with E-state index in [-0.39, 0.29) is 0 Å². The van der Waals surface area contributed by atoms with Gasteiger partial charge in [-0.2, -0.15) is 0 Å². The van der Waals surface area contributed by atoms with Crippen molar-refractivity contribution in [1.29, 1.82) is 0 Å². The minimum Gasteiger partial charge on any atom is -0.229 e. The fourth-order valence-electron chi connectivity index (χ4n) is 1.03. The summed E-state index contributed by atoms with van der Waals surface area (Å²) >= 11 is 0. The zero-order valence-corrected chi connectivity index (χ0v) is 7.10. The summed E-state index contributed by atoms with van der Waals surface area (Å²) in [5.41, 5.74) is 0.856. The second-order valence-corrected chi connectivity index (χ2v) is 2.54. The van der Waals surface area contributed by atoms with Gasteiger partial charge in [-0.3, -0.25) is 0 Å². The lowest BCUT2D eigenvalue weighted by Crippen LogP contribution is -2.15. The van der Waals surface area contributed by atoms with Crippen molar-refractivity contribution in [3.8, 4) is 0 Å². The third-order valence-corrected chi connectivity index (χ3v) is 1.59. The monoisotopic (exact) mass is 164 g/mol. The molecule has 0 N–H and O–H groups in total. The molecule has 3 nitrogen and oxygen atoms in total. The van der Waals surface area contributed by atoms with Crippen molar-refractivity contribution in [3.63, 3.8) is 0 Å². The van der Waals surface area contributed by atoms with Crippen molar-refractivity contribution in [2.45, 2.75) is 13.3 Å². The molecule has 0 aromatic heterocycles. The molecule has 0 saturated heterocycles. The molecule has 0 saturated carbocycles. The zero-order chi connectivity index (χ0) is 8.81. The Labute approximate surface area is 72.0 Å². The van der Waals surface area contributed by atoms with E-state index in [2.05, 4.69) is 5.29 Å². The first kappa shape index (κ1) is 8.71. The number of hydrogen-bond acceptors (Lipinski definition) is 2. The minimum absolute atomic E-state index is 0.674. The predicted molar refractivity (Wildman–Crippen MR) is 49.9 cm³/mol. The summed E-state index contributed by atoms with van der Waals surface area (Å²) in [5, 5.41) is 4.39. The molecule has 0 atom stereocenters. The molecule has 0 bridgehead atoms. The van der Waals surface area contributed by atoms with Gasteiger partial charge in [0.05, 0.1) is 11.0 Å². The summed E-state index contributed by atoms with van der Waals surface area (Å²) in [6.07, 6.45) is 0.917. The molecule has 3 heteroatoms. The summed E-state index contributed by atoms with van der Waals surface area (Å²) < 4.78 is 0. The summed E-state index contributed by atoms with van der Waals surface area (Å²) in [6.45, 7) is 2.69. The lowest BCUT2D eigenvalue weighted by molar-refractivity contribution is 0.801. The molecule has 0 aliphatic rings. The maximum absolute atomic E-state index is 10.4. The molecule has 0 heterocycles. The van der Waals surface area contributed by atoms with E-state index in [9.17, 15) is 4.91 Å². The first-order valence-corrected chi connectivity index (χ1v) is 4.04. The fraction of sp³-hybridized carbons (Fsp3) is 0.333. The molecule has 0 radical (unpaired) electrons. The lowest BCUT2D eigenvalue weighted by atomic mass is 10.3. The Hall–Kier alpha value is -1.38. The largest absolute Gasteiger partial charge is 0.229 e. The van der Waals surface area contributed by atoms with Crippen molar-refractivity contribution in [2.24, 2.45) is 5.29 Å². The Morgan fingerprint density at radius 3 is 2.50 bits per heavy atom. The smallest absolute Gasteiger partial charge is 0.0626 e. The number of rotatable bonds is 4. The molecular weight excluding hydrogens is 152 g/mol. The number of hydrogen-bond donors (Lipinski definition) is 0. The quantitative estimate of drug-likeness (QED) is 0.506. The normalized spacial score (nSPS) is 9.42. The van der Waals surface area contributed by atoms with Crippen molar-refractivity contribution in [1.82, 2.24) is 0 Å². The van der Waals surface area contributed by atoms with Crippen molar-refractivity contribution < 1.29 is 0 Å². The fourth-order valence-corrected chi connectivity index (χ4v) is 1.03. The van der Waals surface area contributed by atoms with Gasteiger partial charge >= 0.3 is 0 Å². The summed E-state index contributed by atoms with van der Waals surface area (Å²) in [5.74, 6) is 0. The second kappa shape index (κ2) is 4.49. The van der Waals surface area contributed by atoms with Gasteiger partial charge < -0.3 is 0 Å². The van der Waals surface area contributed by atoms with Gasteiger partial charge in [-0.15, -0.1) is 4.91 Å². The van der Waals surface area contributed by atoms with Crippen LogP contribution in [0.3, 0.4) is 0 Å². The van der Waals surface area contributed by atoms with E-state index in [0.717, 1.165) is 12.1 Å². The summed E-state index contributed by atoms with van der Waals surface area (Å²) in [7, 11) is 0. The predicted octanol–water partition coefficient (Wildman–Crippen LogP) is 2.58. The highest BCUT2D eigenvalue weighted by molar-refractivity contribution is 5.44. The molecule has 0 aliphatic carbocycles. The van der Waals surface area contributed by atoms with Crippen LogP contribution in [-0.4, -0.2) is 6.54 Å². The van der Waals surface area contributed by atoms with Crippen LogP contribution in [0.15, 0.2) is 35.6 Å². The highest BCUT2D eigenvalue weighted by atomic mass is 16.3. The van der Waals surface area contributed by atoms with E-state index in [1.807, 2.05) is 37.3 Å². The van der Waals surface area contributed by atoms with Crippen molar-refractivity contribution in [3.05, 3.63) is 35.2 Å². The number of nitrogens with zero attached hydrogens (tertiary/aromatic N) is 2. The molecule has 0 amide bonds. The van der Waals surface area contributed by atoms with Crippen LogP contribution in [0.4, 0.5) is 5.69 Å². The molecule has 1 rings (SSSR count). The van der Waals surface area contributed by atoms with Crippen LogP contribution < -0.4 is 5.01 Å². The molecule has 0 fully saturated rings. The Balaban J connectivity index is 2.73. The molecular formula is C9H12N2O. The van der Waals surface area contributed by atoms with Gasteiger partial charge in [-0.25, -0.2) is 5.01 Å². The Kier molecular flexibility index (Phi) is 3.26. The Bertz CT molecular complexity index is 236. The van der Waals surface area contributed by atoms with Gasteiger partial charge in [0.25, 0.3) is 0 Å². The number of para-hydroxylation sites is 1. The lowest BCUT2D eigenvalue weighted by Gasteiger charge is -2.12. The molecule has 1 aromatic carbocycles. The highest BCUT2D eigenvalue weighted by Gasteiger charge is 2.02. The zero-order valence-electron chi connectivity index (χ0n) is 7.10. The molecule has 0 aliphatic heterocycles. The van der Waals surface area contributed by atoms with E-state index in [0.29, 0.717) is 6.54 Å². The number of nitroso groups, excluding NO2 is 1. The molecule has 12 heavy (non-hydrogen) atoms. The summed E-state index contributed by atoms with van der Waals surface area (Å²) in [4.78, 5) is 10.4. The highest BCUT2D eigenvalue weighted by Crippen LogP contribution is 2.13. The van der Waals surface area contributed by atoms with Gasteiger partial charge in [0.1, 0.15) is 0 Å². The number of anilines is 1. The van der Waals surface area contributed by atoms with Gasteiger partial charge in [-0.1, -0.05) is 25.1 Å². The molecule has 0 spiro atoms. The van der Waals surface area contributed by atoms with Crippen molar-refractivity contribution in [2.75, 3.05) is 11.6 Å². The average Bonchev–Trinajstić information content (AvgIpc) is 2.15. The standard InChI is InChI=1S/C9H12N2O/c1-2-8-11(10-12)9-6-4-3-5-7-9/h3-7H,2,8H2,1H3. The second-order valence-electron chi connectivity index (χ2n) is 2.54. The van der Waals surface area contributed by atoms with E-state index >= 15 is 0 Å². The van der Waals surface area contributed by atoms with E-state index in [4.69, 9.17) is 0 Å². The maximum Gasteiger partial charge on any atom is 0.0626 e. The van der Waals surface area contributed by atoms with E-state index in [1.54, 1.807) is 0 Å². The SMILES string of the molecule is CCCN(N=O)c1ccccc1. The maximum atomic E-state index is 10.4. The average molecular weight is 164 g/mol. The van der Waals surface area contributed by atoms with Crippen molar-refractivity contribution >= 4 is 5.69 Å². The van der Waals surface area contributed by atoms with Gasteiger partial charge in [0.15, 0.2) is 0 Å². The molecule has 0 unspecified atom stereocenters. The first-order chi connectivity index (χ1) is 5.88. The molecule has 1 aromatic rings. The van der Waals surface area contributed by atoms with Crippen LogP contribution in [0.25, 0.3) is 0 Å². The Morgan fingerprint density at radius 1 is 1.33 bits per heavy atom. The Morgan fingerprint density at radius 2 is 2.00 bits per heavy atom. The van der Waals surface area contributed by atoms with Crippen LogP contribution in [-0.2, 0) is 0 Å². The third-order valence-electron chi connectivity index (χ3n) is 1.59. The van der Waals surface area contributed by atoms with Crippen LogP contribution in [0.1, 0.15) is 13.3 Å². The summed E-state index contributed by atoms with van der Waals surface area (Å²) in [6, 6.07) is 9.44. The molecule has 64 valence electrons. The van der Waals surface area contributed by atoms with Crippen LogP contribution in [0.2, 0.25) is 0 Å². The van der Waals surface area contributed by atoms with Crippen LogP contribution in [0, 0.1) is 4.91 Å². The van der Waals surface area contributed by atoms with Gasteiger partial charge in [-0.05, 0) is 18.6 Å². The first-order valence-electron chi connectivity index (χ1n) is 4.04.